The number of amides is 2. The molecule has 3 rings (SSSR count). The van der Waals surface area contributed by atoms with Gasteiger partial charge in [-0.2, -0.15) is 0 Å². The van der Waals surface area contributed by atoms with E-state index in [0.29, 0.717) is 56.7 Å². The van der Waals surface area contributed by atoms with Crippen molar-refractivity contribution in [2.24, 2.45) is 0 Å². The Kier molecular flexibility index (Phi) is 7.72. The van der Waals surface area contributed by atoms with E-state index in [4.69, 9.17) is 4.52 Å². The fourth-order valence-corrected chi connectivity index (χ4v) is 4.25. The minimum atomic E-state index is -0.00417. The number of aryl methyl sites for hydroxylation is 2. The highest BCUT2D eigenvalue weighted by molar-refractivity contribution is 5.94. The zero-order chi connectivity index (χ0) is 23.4. The van der Waals surface area contributed by atoms with E-state index in [1.165, 1.54) is 11.1 Å². The second kappa shape index (κ2) is 10.3. The SMILES string of the molecule is Cc1noc(C)c1CC(=O)N1CCN(CC(=O)Nc2c(C(C)C)cccc2C(C)C)CC1. The number of aromatic nitrogens is 1. The van der Waals surface area contributed by atoms with Gasteiger partial charge in [0.1, 0.15) is 5.76 Å². The van der Waals surface area contributed by atoms with Gasteiger partial charge in [0.05, 0.1) is 18.7 Å². The van der Waals surface area contributed by atoms with Gasteiger partial charge in [-0.05, 0) is 36.8 Å². The molecule has 0 unspecified atom stereocenters. The molecule has 1 fully saturated rings. The summed E-state index contributed by atoms with van der Waals surface area (Å²) in [7, 11) is 0. The molecule has 7 nitrogen and oxygen atoms in total. The molecule has 174 valence electrons. The number of rotatable bonds is 7. The van der Waals surface area contributed by atoms with Gasteiger partial charge in [-0.25, -0.2) is 0 Å². The van der Waals surface area contributed by atoms with Crippen molar-refractivity contribution in [2.45, 2.75) is 59.8 Å². The summed E-state index contributed by atoms with van der Waals surface area (Å²) < 4.78 is 5.17. The van der Waals surface area contributed by atoms with E-state index in [2.05, 4.69) is 61.3 Å². The summed E-state index contributed by atoms with van der Waals surface area (Å²) in [6, 6.07) is 6.25. The normalized spacial score (nSPS) is 14.9. The Balaban J connectivity index is 1.56. The van der Waals surface area contributed by atoms with Crippen LogP contribution in [0.5, 0.6) is 0 Å². The lowest BCUT2D eigenvalue weighted by Crippen LogP contribution is -2.50. The first-order valence-electron chi connectivity index (χ1n) is 11.5. The van der Waals surface area contributed by atoms with Crippen LogP contribution in [-0.2, 0) is 16.0 Å². The summed E-state index contributed by atoms with van der Waals surface area (Å²) in [4.78, 5) is 29.6. The Morgan fingerprint density at radius 1 is 1.03 bits per heavy atom. The molecule has 0 radical (unpaired) electrons. The van der Waals surface area contributed by atoms with Crippen molar-refractivity contribution in [2.75, 3.05) is 38.0 Å². The zero-order valence-corrected chi connectivity index (χ0v) is 20.2. The number of benzene rings is 1. The Morgan fingerprint density at radius 2 is 1.62 bits per heavy atom. The molecule has 0 bridgehead atoms. The van der Waals surface area contributed by atoms with Gasteiger partial charge >= 0.3 is 0 Å². The predicted octanol–water partition coefficient (Wildman–Crippen LogP) is 3.86. The number of piperazine rings is 1. The lowest BCUT2D eigenvalue weighted by atomic mass is 9.92. The van der Waals surface area contributed by atoms with Crippen molar-refractivity contribution >= 4 is 17.5 Å². The molecular weight excluding hydrogens is 404 g/mol. The fourth-order valence-electron chi connectivity index (χ4n) is 4.25. The van der Waals surface area contributed by atoms with Crippen molar-refractivity contribution in [1.82, 2.24) is 15.0 Å². The van der Waals surface area contributed by atoms with Crippen molar-refractivity contribution in [3.05, 3.63) is 46.3 Å². The summed E-state index contributed by atoms with van der Waals surface area (Å²) >= 11 is 0. The molecule has 32 heavy (non-hydrogen) atoms. The largest absolute Gasteiger partial charge is 0.361 e. The second-order valence-corrected chi connectivity index (χ2v) is 9.31. The van der Waals surface area contributed by atoms with Crippen LogP contribution >= 0.6 is 0 Å². The number of carbonyl (C=O) groups excluding carboxylic acids is 2. The van der Waals surface area contributed by atoms with Crippen LogP contribution in [0.2, 0.25) is 0 Å². The molecule has 1 N–H and O–H groups in total. The highest BCUT2D eigenvalue weighted by atomic mass is 16.5. The molecule has 0 aliphatic carbocycles. The van der Waals surface area contributed by atoms with Crippen molar-refractivity contribution in [3.8, 4) is 0 Å². The first-order valence-corrected chi connectivity index (χ1v) is 11.5. The van der Waals surface area contributed by atoms with E-state index < -0.39 is 0 Å². The van der Waals surface area contributed by atoms with Crippen LogP contribution in [0.25, 0.3) is 0 Å². The molecule has 0 atom stereocenters. The van der Waals surface area contributed by atoms with Crippen LogP contribution in [-0.4, -0.2) is 59.5 Å². The van der Waals surface area contributed by atoms with Crippen LogP contribution < -0.4 is 5.32 Å². The molecule has 2 heterocycles. The number of nitrogens with zero attached hydrogens (tertiary/aromatic N) is 3. The third kappa shape index (κ3) is 5.57. The molecule has 2 aromatic rings. The average Bonchev–Trinajstić information content (AvgIpc) is 3.06. The van der Waals surface area contributed by atoms with Crippen LogP contribution in [0, 0.1) is 13.8 Å². The predicted molar refractivity (Wildman–Crippen MR) is 126 cm³/mol. The fraction of sp³-hybridized carbons (Fsp3) is 0.560. The van der Waals surface area contributed by atoms with E-state index >= 15 is 0 Å². The quantitative estimate of drug-likeness (QED) is 0.707. The molecule has 1 saturated heterocycles. The third-order valence-electron chi connectivity index (χ3n) is 6.24. The Morgan fingerprint density at radius 3 is 2.12 bits per heavy atom. The number of nitrogens with one attached hydrogen (secondary N) is 1. The van der Waals surface area contributed by atoms with Gasteiger partial charge in [-0.3, -0.25) is 14.5 Å². The van der Waals surface area contributed by atoms with E-state index in [1.807, 2.05) is 18.7 Å². The maximum atomic E-state index is 12.9. The third-order valence-corrected chi connectivity index (χ3v) is 6.24. The average molecular weight is 441 g/mol. The van der Waals surface area contributed by atoms with E-state index in [-0.39, 0.29) is 11.8 Å². The first kappa shape index (κ1) is 24.0. The Labute approximate surface area is 191 Å². The maximum Gasteiger partial charge on any atom is 0.238 e. The second-order valence-electron chi connectivity index (χ2n) is 9.31. The number of anilines is 1. The highest BCUT2D eigenvalue weighted by Crippen LogP contribution is 2.32. The monoisotopic (exact) mass is 440 g/mol. The van der Waals surface area contributed by atoms with Crippen LogP contribution in [0.1, 0.15) is 67.7 Å². The molecule has 7 heteroatoms. The topological polar surface area (TPSA) is 78.7 Å². The first-order chi connectivity index (χ1) is 15.2. The molecule has 1 aliphatic heterocycles. The molecule has 1 aromatic heterocycles. The van der Waals surface area contributed by atoms with E-state index in [1.54, 1.807) is 0 Å². The van der Waals surface area contributed by atoms with Gasteiger partial charge < -0.3 is 14.7 Å². The van der Waals surface area contributed by atoms with E-state index in [9.17, 15) is 9.59 Å². The molecule has 1 aromatic carbocycles. The van der Waals surface area contributed by atoms with Crippen LogP contribution in [0.15, 0.2) is 22.7 Å². The zero-order valence-electron chi connectivity index (χ0n) is 20.2. The molecule has 1 aliphatic rings. The summed E-state index contributed by atoms with van der Waals surface area (Å²) in [6.07, 6.45) is 0.311. The molecule has 0 saturated carbocycles. The van der Waals surface area contributed by atoms with Gasteiger partial charge in [0, 0.05) is 37.4 Å². The van der Waals surface area contributed by atoms with Crippen molar-refractivity contribution < 1.29 is 14.1 Å². The summed E-state index contributed by atoms with van der Waals surface area (Å²) in [5.74, 6) is 1.44. The number of para-hydroxylation sites is 1. The summed E-state index contributed by atoms with van der Waals surface area (Å²) in [5.41, 5.74) is 4.93. The standard InChI is InChI=1S/C25H36N4O3/c1-16(2)20-8-7-9-21(17(3)4)25(20)26-23(30)15-28-10-12-29(13-11-28)24(31)14-22-18(5)27-32-19(22)6/h7-9,16-17H,10-15H2,1-6H3,(H,26,30). The van der Waals surface area contributed by atoms with Crippen LogP contribution in [0.4, 0.5) is 5.69 Å². The highest BCUT2D eigenvalue weighted by Gasteiger charge is 2.25. The lowest BCUT2D eigenvalue weighted by Gasteiger charge is -2.34. The number of carbonyl (C=O) groups is 2. The number of hydrogen-bond donors (Lipinski definition) is 1. The number of hydrogen-bond acceptors (Lipinski definition) is 5. The lowest BCUT2D eigenvalue weighted by molar-refractivity contribution is -0.132. The van der Waals surface area contributed by atoms with Gasteiger partial charge in [0.15, 0.2) is 0 Å². The maximum absolute atomic E-state index is 12.9. The Bertz CT molecular complexity index is 910. The van der Waals surface area contributed by atoms with Crippen LogP contribution in [0.3, 0.4) is 0 Å². The molecular formula is C25H36N4O3. The van der Waals surface area contributed by atoms with E-state index in [0.717, 1.165) is 16.9 Å². The Hall–Kier alpha value is -2.67. The minimum Gasteiger partial charge on any atom is -0.361 e. The van der Waals surface area contributed by atoms with Gasteiger partial charge in [0.25, 0.3) is 0 Å². The smallest absolute Gasteiger partial charge is 0.238 e. The van der Waals surface area contributed by atoms with Gasteiger partial charge in [0.2, 0.25) is 11.8 Å². The minimum absolute atomic E-state index is 0.00417. The molecule has 0 spiro atoms. The van der Waals surface area contributed by atoms with Crippen molar-refractivity contribution in [3.63, 3.8) is 0 Å². The summed E-state index contributed by atoms with van der Waals surface area (Å²) in [6.45, 7) is 15.2. The van der Waals surface area contributed by atoms with Gasteiger partial charge in [-0.1, -0.05) is 51.1 Å². The molecule has 2 amide bonds. The summed E-state index contributed by atoms with van der Waals surface area (Å²) in [5, 5.41) is 7.12. The van der Waals surface area contributed by atoms with Crippen molar-refractivity contribution in [1.29, 1.82) is 0 Å². The van der Waals surface area contributed by atoms with Gasteiger partial charge in [-0.15, -0.1) is 0 Å².